The second kappa shape index (κ2) is 8.59. The first-order valence-corrected chi connectivity index (χ1v) is 10.6. The molecule has 1 saturated heterocycles. The molecule has 0 unspecified atom stereocenters. The Morgan fingerprint density at radius 2 is 1.93 bits per heavy atom. The van der Waals surface area contributed by atoms with Crippen molar-refractivity contribution in [1.29, 1.82) is 0 Å². The topological polar surface area (TPSA) is 90.8 Å². The monoisotopic (exact) mass is 409 g/mol. The first-order valence-electron chi connectivity index (χ1n) is 9.68. The van der Waals surface area contributed by atoms with Gasteiger partial charge in [-0.2, -0.15) is 0 Å². The van der Waals surface area contributed by atoms with Gasteiger partial charge in [0.05, 0.1) is 17.2 Å². The molecule has 28 heavy (non-hydrogen) atoms. The molecule has 7 nitrogen and oxygen atoms in total. The van der Waals surface area contributed by atoms with E-state index < -0.39 is 18.0 Å². The molecule has 0 saturated carbocycles. The van der Waals surface area contributed by atoms with E-state index in [1.54, 1.807) is 0 Å². The second-order valence-electron chi connectivity index (χ2n) is 9.08. The number of hydrogen-bond donors (Lipinski definition) is 1. The van der Waals surface area contributed by atoms with Gasteiger partial charge in [0, 0.05) is 11.3 Å². The summed E-state index contributed by atoms with van der Waals surface area (Å²) in [6.45, 7) is 12.1. The Morgan fingerprint density at radius 3 is 2.43 bits per heavy atom. The lowest BCUT2D eigenvalue weighted by molar-refractivity contribution is -0.144. The Kier molecular flexibility index (Phi) is 6.85. The van der Waals surface area contributed by atoms with Gasteiger partial charge in [0.1, 0.15) is 12.6 Å². The van der Waals surface area contributed by atoms with Crippen LogP contribution in [0.4, 0.5) is 4.79 Å². The van der Waals surface area contributed by atoms with Crippen molar-refractivity contribution >= 4 is 29.2 Å². The molecule has 3 amide bonds. The van der Waals surface area contributed by atoms with Gasteiger partial charge in [-0.25, -0.2) is 14.6 Å². The summed E-state index contributed by atoms with van der Waals surface area (Å²) in [6, 6.07) is -1.55. The highest BCUT2D eigenvalue weighted by Gasteiger charge is 2.44. The number of amides is 3. The Bertz CT molecular complexity index is 738. The number of carbonyl (C=O) groups excluding carboxylic acids is 2. The molecule has 0 aliphatic carbocycles. The number of thiazole rings is 1. The minimum atomic E-state index is -1.07. The predicted octanol–water partition coefficient (Wildman–Crippen LogP) is 3.95. The molecule has 0 radical (unpaired) electrons. The molecule has 2 rings (SSSR count). The Balaban J connectivity index is 2.13. The maximum absolute atomic E-state index is 12.9. The highest BCUT2D eigenvalue weighted by molar-refractivity contribution is 7.09. The third-order valence-electron chi connectivity index (χ3n) is 4.94. The van der Waals surface area contributed by atoms with Crippen LogP contribution in [0.5, 0.6) is 0 Å². The van der Waals surface area contributed by atoms with Gasteiger partial charge in [-0.1, -0.05) is 41.5 Å². The summed E-state index contributed by atoms with van der Waals surface area (Å²) in [7, 11) is 0. The van der Waals surface area contributed by atoms with E-state index in [1.165, 1.54) is 16.2 Å². The summed E-state index contributed by atoms with van der Waals surface area (Å²) < 4.78 is 0. The van der Waals surface area contributed by atoms with Gasteiger partial charge in [0.2, 0.25) is 0 Å². The van der Waals surface area contributed by atoms with Gasteiger partial charge in [0.15, 0.2) is 0 Å². The second-order valence-corrected chi connectivity index (χ2v) is 9.97. The van der Waals surface area contributed by atoms with Crippen molar-refractivity contribution in [1.82, 2.24) is 14.8 Å². The van der Waals surface area contributed by atoms with E-state index in [0.29, 0.717) is 12.1 Å². The largest absolute Gasteiger partial charge is 0.480 e. The zero-order chi connectivity index (χ0) is 21.2. The van der Waals surface area contributed by atoms with Gasteiger partial charge < -0.3 is 10.0 Å². The van der Waals surface area contributed by atoms with E-state index in [2.05, 4.69) is 25.8 Å². The molecular formula is C20H31N3O4S. The number of hydrogen-bond acceptors (Lipinski definition) is 5. The van der Waals surface area contributed by atoms with E-state index in [1.807, 2.05) is 26.2 Å². The summed E-state index contributed by atoms with van der Waals surface area (Å²) in [6.07, 6.45) is 1.51. The fourth-order valence-corrected chi connectivity index (χ4v) is 4.08. The molecule has 8 heteroatoms. The molecule has 0 spiro atoms. The normalized spacial score (nSPS) is 17.5. The van der Waals surface area contributed by atoms with Gasteiger partial charge in [0.25, 0.3) is 5.91 Å². The van der Waals surface area contributed by atoms with Gasteiger partial charge in [-0.05, 0) is 24.2 Å². The van der Waals surface area contributed by atoms with Crippen LogP contribution in [0.25, 0.3) is 0 Å². The third kappa shape index (κ3) is 5.31. The molecule has 156 valence electrons. The number of imide groups is 1. The van der Waals surface area contributed by atoms with Crippen molar-refractivity contribution in [2.75, 3.05) is 6.54 Å². The van der Waals surface area contributed by atoms with Crippen LogP contribution in [0.15, 0.2) is 5.38 Å². The van der Waals surface area contributed by atoms with Crippen LogP contribution in [-0.4, -0.2) is 50.4 Å². The molecule has 1 N–H and O–H groups in total. The van der Waals surface area contributed by atoms with Crippen molar-refractivity contribution in [3.8, 4) is 0 Å². The molecule has 1 aromatic heterocycles. The molecule has 1 aliphatic rings. The molecule has 1 aliphatic heterocycles. The first kappa shape index (κ1) is 22.3. The molecule has 1 aromatic rings. The predicted molar refractivity (Wildman–Crippen MR) is 108 cm³/mol. The van der Waals surface area contributed by atoms with Gasteiger partial charge in [-0.15, -0.1) is 11.3 Å². The van der Waals surface area contributed by atoms with Crippen molar-refractivity contribution in [3.63, 3.8) is 0 Å². The Hall–Kier alpha value is -1.96. The molecule has 0 aromatic carbocycles. The fourth-order valence-electron chi connectivity index (χ4n) is 3.26. The summed E-state index contributed by atoms with van der Waals surface area (Å²) >= 11 is 1.50. The number of carboxylic acids is 1. The minimum Gasteiger partial charge on any atom is -0.480 e. The minimum absolute atomic E-state index is 0.0763. The lowest BCUT2D eigenvalue weighted by Gasteiger charge is -2.30. The number of carboxylic acid groups (broad SMARTS) is 1. The van der Waals surface area contributed by atoms with Crippen LogP contribution in [0.3, 0.4) is 0 Å². The highest BCUT2D eigenvalue weighted by Crippen LogP contribution is 2.29. The zero-order valence-electron chi connectivity index (χ0n) is 17.6. The molecule has 2 atom stereocenters. The molecule has 2 heterocycles. The average molecular weight is 410 g/mol. The van der Waals surface area contributed by atoms with Crippen LogP contribution >= 0.6 is 11.3 Å². The van der Waals surface area contributed by atoms with Crippen molar-refractivity contribution in [2.24, 2.45) is 11.3 Å². The maximum Gasteiger partial charge on any atom is 0.328 e. The smallest absolute Gasteiger partial charge is 0.328 e. The standard InChI is InChI=1S/C20H31N3O4S/c1-12(2)17-21-14(11-28-17)9-22-15(24)10-23(19(22)27)16(18(25)26)13(3)7-8-20(4,5)6/h11-13,16H,7-10H2,1-6H3,(H,25,26)/t13-,16-/m0/s1. The van der Waals surface area contributed by atoms with E-state index in [0.717, 1.165) is 16.3 Å². The summed E-state index contributed by atoms with van der Waals surface area (Å²) in [5, 5.41) is 12.5. The lowest BCUT2D eigenvalue weighted by Crippen LogP contribution is -2.47. The van der Waals surface area contributed by atoms with E-state index in [9.17, 15) is 19.5 Å². The van der Waals surface area contributed by atoms with Crippen LogP contribution in [-0.2, 0) is 16.1 Å². The van der Waals surface area contributed by atoms with E-state index in [4.69, 9.17) is 0 Å². The Morgan fingerprint density at radius 1 is 1.29 bits per heavy atom. The van der Waals surface area contributed by atoms with Crippen LogP contribution < -0.4 is 0 Å². The molecule has 0 bridgehead atoms. The summed E-state index contributed by atoms with van der Waals surface area (Å²) in [4.78, 5) is 44.0. The first-order chi connectivity index (χ1) is 12.9. The fraction of sp³-hybridized carbons (Fsp3) is 0.700. The quantitative estimate of drug-likeness (QED) is 0.657. The maximum atomic E-state index is 12.9. The average Bonchev–Trinajstić information content (AvgIpc) is 3.13. The lowest BCUT2D eigenvalue weighted by atomic mass is 9.84. The summed E-state index contributed by atoms with van der Waals surface area (Å²) in [5.41, 5.74) is 0.734. The van der Waals surface area contributed by atoms with E-state index >= 15 is 0 Å². The number of urea groups is 1. The molecule has 1 fully saturated rings. The highest BCUT2D eigenvalue weighted by atomic mass is 32.1. The van der Waals surface area contributed by atoms with Crippen molar-refractivity contribution in [3.05, 3.63) is 16.1 Å². The van der Waals surface area contributed by atoms with Gasteiger partial charge >= 0.3 is 12.0 Å². The number of aliphatic carboxylic acids is 1. The number of nitrogens with zero attached hydrogens (tertiary/aromatic N) is 3. The van der Waals surface area contributed by atoms with Crippen LogP contribution in [0.2, 0.25) is 0 Å². The molecular weight excluding hydrogens is 378 g/mol. The van der Waals surface area contributed by atoms with Crippen molar-refractivity contribution in [2.45, 2.75) is 72.9 Å². The SMILES string of the molecule is CC(C)c1nc(CN2C(=O)CN([C@H](C(=O)O)[C@@H](C)CCC(C)(C)C)C2=O)cs1. The van der Waals surface area contributed by atoms with Gasteiger partial charge in [-0.3, -0.25) is 9.69 Å². The zero-order valence-corrected chi connectivity index (χ0v) is 18.4. The van der Waals surface area contributed by atoms with E-state index in [-0.39, 0.29) is 36.2 Å². The van der Waals surface area contributed by atoms with Crippen molar-refractivity contribution < 1.29 is 19.5 Å². The third-order valence-corrected chi connectivity index (χ3v) is 6.14. The summed E-state index contributed by atoms with van der Waals surface area (Å²) in [5.74, 6) is -1.42. The van der Waals surface area contributed by atoms with Crippen LogP contribution in [0.1, 0.15) is 71.0 Å². The van der Waals surface area contributed by atoms with Crippen LogP contribution in [0, 0.1) is 11.3 Å². The number of carbonyl (C=O) groups is 3. The Labute approximate surface area is 170 Å². The number of aromatic nitrogens is 1. The number of rotatable bonds is 8.